The average molecular weight is 318 g/mol. The number of nitrogens with zero attached hydrogens (tertiary/aromatic N) is 1. The summed E-state index contributed by atoms with van der Waals surface area (Å²) >= 11 is 0. The third-order valence-corrected chi connectivity index (χ3v) is 4.61. The van der Waals surface area contributed by atoms with Crippen molar-refractivity contribution in [1.29, 1.82) is 0 Å². The van der Waals surface area contributed by atoms with Gasteiger partial charge in [-0.1, -0.05) is 20.8 Å². The third-order valence-electron chi connectivity index (χ3n) is 2.98. The second kappa shape index (κ2) is 7.88. The van der Waals surface area contributed by atoms with Gasteiger partial charge < -0.3 is 10.1 Å². The Morgan fingerprint density at radius 3 is 2.57 bits per heavy atom. The van der Waals surface area contributed by atoms with Crippen molar-refractivity contribution < 1.29 is 13.2 Å². The summed E-state index contributed by atoms with van der Waals surface area (Å²) in [6.45, 7) is 8.88. The summed E-state index contributed by atoms with van der Waals surface area (Å²) in [6, 6.07) is 0.257. The van der Waals surface area contributed by atoms with Crippen LogP contribution in [0.3, 0.4) is 0 Å². The molecule has 0 amide bonds. The number of sulfonamides is 1. The summed E-state index contributed by atoms with van der Waals surface area (Å²) in [6.07, 6.45) is 0. The van der Waals surface area contributed by atoms with Crippen LogP contribution in [0.1, 0.15) is 32.2 Å². The van der Waals surface area contributed by atoms with Crippen LogP contribution in [0.2, 0.25) is 0 Å². The molecule has 1 heterocycles. The van der Waals surface area contributed by atoms with Crippen LogP contribution in [0.15, 0.2) is 4.90 Å². The Labute approximate surface area is 126 Å². The van der Waals surface area contributed by atoms with Gasteiger partial charge >= 0.3 is 0 Å². The maximum absolute atomic E-state index is 12.4. The molecule has 1 aromatic heterocycles. The van der Waals surface area contributed by atoms with Gasteiger partial charge in [0, 0.05) is 32.8 Å². The lowest BCUT2D eigenvalue weighted by Gasteiger charge is -2.13. The van der Waals surface area contributed by atoms with E-state index >= 15 is 0 Å². The summed E-state index contributed by atoms with van der Waals surface area (Å²) in [7, 11) is -1.98. The molecule has 21 heavy (non-hydrogen) atoms. The summed E-state index contributed by atoms with van der Waals surface area (Å²) < 4.78 is 32.5. The first-order valence-corrected chi connectivity index (χ1v) is 8.52. The highest BCUT2D eigenvalue weighted by Crippen LogP contribution is 2.17. The maximum atomic E-state index is 12.4. The van der Waals surface area contributed by atoms with Crippen molar-refractivity contribution in [3.63, 3.8) is 0 Å². The van der Waals surface area contributed by atoms with Crippen molar-refractivity contribution in [2.45, 2.75) is 45.2 Å². The summed E-state index contributed by atoms with van der Waals surface area (Å²) in [5.74, 6) is 0.106. The highest BCUT2D eigenvalue weighted by Gasteiger charge is 2.24. The first-order valence-electron chi connectivity index (χ1n) is 7.03. The highest BCUT2D eigenvalue weighted by molar-refractivity contribution is 7.89. The number of rotatable bonds is 9. The fourth-order valence-electron chi connectivity index (χ4n) is 1.91. The van der Waals surface area contributed by atoms with Crippen molar-refractivity contribution in [1.82, 2.24) is 20.2 Å². The van der Waals surface area contributed by atoms with Gasteiger partial charge in [0.25, 0.3) is 0 Å². The zero-order valence-corrected chi connectivity index (χ0v) is 14.2. The molecule has 1 rings (SSSR count). The lowest BCUT2D eigenvalue weighted by molar-refractivity contribution is 0.161. The predicted molar refractivity (Wildman–Crippen MR) is 81.5 cm³/mol. The van der Waals surface area contributed by atoms with Gasteiger partial charge in [0.2, 0.25) is 10.0 Å². The number of aromatic nitrogens is 2. The molecule has 122 valence electrons. The van der Waals surface area contributed by atoms with Crippen molar-refractivity contribution in [2.24, 2.45) is 5.92 Å². The minimum Gasteiger partial charge on any atom is -0.384 e. The van der Waals surface area contributed by atoms with Gasteiger partial charge in [0.05, 0.1) is 11.4 Å². The first kappa shape index (κ1) is 18.1. The molecule has 3 N–H and O–H groups in total. The van der Waals surface area contributed by atoms with Crippen molar-refractivity contribution >= 4 is 10.0 Å². The lowest BCUT2D eigenvalue weighted by atomic mass is 10.2. The summed E-state index contributed by atoms with van der Waals surface area (Å²) in [5.41, 5.74) is 1.05. The Morgan fingerprint density at radius 2 is 2.00 bits per heavy atom. The number of methoxy groups -OCH3 is 1. The molecule has 1 atom stereocenters. The van der Waals surface area contributed by atoms with Gasteiger partial charge in [-0.3, -0.25) is 5.10 Å². The van der Waals surface area contributed by atoms with Gasteiger partial charge in [-0.15, -0.1) is 0 Å². The van der Waals surface area contributed by atoms with E-state index in [1.165, 1.54) is 0 Å². The second-order valence-corrected chi connectivity index (χ2v) is 7.28. The summed E-state index contributed by atoms with van der Waals surface area (Å²) in [4.78, 5) is 0.236. The molecule has 0 aliphatic rings. The van der Waals surface area contributed by atoms with Crippen LogP contribution < -0.4 is 10.0 Å². The molecular formula is C13H26N4O3S. The lowest BCUT2D eigenvalue weighted by Crippen LogP contribution is -2.31. The van der Waals surface area contributed by atoms with Gasteiger partial charge in [-0.2, -0.15) is 5.10 Å². The van der Waals surface area contributed by atoms with Gasteiger partial charge in [-0.25, -0.2) is 13.1 Å². The minimum absolute atomic E-state index is 0.106. The zero-order chi connectivity index (χ0) is 16.0. The van der Waals surface area contributed by atoms with E-state index < -0.39 is 10.0 Å². The molecular weight excluding hydrogens is 292 g/mol. The second-order valence-electron chi connectivity index (χ2n) is 5.57. The van der Waals surface area contributed by atoms with Crippen LogP contribution >= 0.6 is 0 Å². The molecule has 0 saturated heterocycles. The molecule has 0 spiro atoms. The van der Waals surface area contributed by atoms with E-state index in [0.717, 1.165) is 0 Å². The fraction of sp³-hybridized carbons (Fsp3) is 0.769. The molecule has 0 aliphatic carbocycles. The predicted octanol–water partition coefficient (Wildman–Crippen LogP) is 0.777. The van der Waals surface area contributed by atoms with E-state index in [1.807, 2.05) is 20.8 Å². The van der Waals surface area contributed by atoms with Crippen molar-refractivity contribution in [2.75, 3.05) is 20.3 Å². The Kier molecular flexibility index (Phi) is 6.79. The Balaban J connectivity index is 2.84. The molecule has 0 saturated carbocycles. The number of aryl methyl sites for hydroxylation is 1. The van der Waals surface area contributed by atoms with Crippen LogP contribution in [0, 0.1) is 12.8 Å². The smallest absolute Gasteiger partial charge is 0.244 e. The Hall–Kier alpha value is -0.960. The van der Waals surface area contributed by atoms with E-state index in [-0.39, 0.29) is 16.9 Å². The number of H-pyrrole nitrogens is 1. The number of aromatic amines is 1. The van der Waals surface area contributed by atoms with E-state index in [1.54, 1.807) is 14.0 Å². The van der Waals surface area contributed by atoms with E-state index in [0.29, 0.717) is 31.1 Å². The van der Waals surface area contributed by atoms with Crippen LogP contribution in [0.25, 0.3) is 0 Å². The molecule has 0 radical (unpaired) electrons. The van der Waals surface area contributed by atoms with E-state index in [4.69, 9.17) is 4.74 Å². The molecule has 1 unspecified atom stereocenters. The molecule has 0 aromatic carbocycles. The monoisotopic (exact) mass is 318 g/mol. The molecule has 1 aromatic rings. The minimum atomic E-state index is -3.58. The standard InChI is InChI=1S/C13H26N4O3S/c1-9(2)14-7-12-13(11(4)16-17-12)21(18,19)15-6-10(3)8-20-5/h9-10,14-15H,6-8H2,1-5H3,(H,16,17). The van der Waals surface area contributed by atoms with Gasteiger partial charge in [-0.05, 0) is 12.8 Å². The van der Waals surface area contributed by atoms with Crippen LogP contribution in [-0.2, 0) is 21.3 Å². The number of ether oxygens (including phenoxy) is 1. The van der Waals surface area contributed by atoms with E-state index in [2.05, 4.69) is 20.2 Å². The van der Waals surface area contributed by atoms with Crippen LogP contribution in [-0.4, -0.2) is 44.9 Å². The van der Waals surface area contributed by atoms with Gasteiger partial charge in [0.1, 0.15) is 4.90 Å². The average Bonchev–Trinajstić information content (AvgIpc) is 2.76. The van der Waals surface area contributed by atoms with Crippen LogP contribution in [0.5, 0.6) is 0 Å². The topological polar surface area (TPSA) is 96.1 Å². The molecule has 0 bridgehead atoms. The largest absolute Gasteiger partial charge is 0.384 e. The normalized spacial score (nSPS) is 13.8. The number of hydrogen-bond donors (Lipinski definition) is 3. The van der Waals surface area contributed by atoms with Gasteiger partial charge in [0.15, 0.2) is 0 Å². The zero-order valence-electron chi connectivity index (χ0n) is 13.4. The Morgan fingerprint density at radius 1 is 1.33 bits per heavy atom. The molecule has 7 nitrogen and oxygen atoms in total. The quantitative estimate of drug-likeness (QED) is 0.625. The van der Waals surface area contributed by atoms with Crippen LogP contribution in [0.4, 0.5) is 0 Å². The van der Waals surface area contributed by atoms with E-state index in [9.17, 15) is 8.42 Å². The highest BCUT2D eigenvalue weighted by atomic mass is 32.2. The SMILES string of the molecule is COCC(C)CNS(=O)(=O)c1c(CNC(C)C)n[nH]c1C. The molecule has 8 heteroatoms. The first-order chi connectivity index (χ1) is 9.77. The Bertz CT molecular complexity index is 540. The summed E-state index contributed by atoms with van der Waals surface area (Å²) in [5, 5.41) is 10.0. The third kappa shape index (κ3) is 5.39. The number of hydrogen-bond acceptors (Lipinski definition) is 5. The fourth-order valence-corrected chi connectivity index (χ4v) is 3.44. The van der Waals surface area contributed by atoms with Crippen molar-refractivity contribution in [3.05, 3.63) is 11.4 Å². The molecule has 0 aliphatic heterocycles. The molecule has 0 fully saturated rings. The maximum Gasteiger partial charge on any atom is 0.244 e. The number of nitrogens with one attached hydrogen (secondary N) is 3. The van der Waals surface area contributed by atoms with Crippen molar-refractivity contribution in [3.8, 4) is 0 Å².